The maximum atomic E-state index is 12.3. The topological polar surface area (TPSA) is 80.4 Å². The van der Waals surface area contributed by atoms with Crippen molar-refractivity contribution in [2.75, 3.05) is 13.6 Å². The smallest absolute Gasteiger partial charge is 0.408 e. The van der Waals surface area contributed by atoms with E-state index < -0.39 is 5.76 Å². The second-order valence-corrected chi connectivity index (χ2v) is 5.76. The standard InChI is InChI=1S/C18H20N4O3/c1-13(14-7-5-6-10-19-14)21(2)17(23)20-11-12-22-15-8-3-4-9-16(15)25-18(22)24/h3-10,13H,11-12H2,1-2H3,(H,20,23)/t13-/m0/s1. The number of rotatable bonds is 5. The van der Waals surface area contributed by atoms with Gasteiger partial charge >= 0.3 is 11.8 Å². The zero-order valence-electron chi connectivity index (χ0n) is 14.2. The summed E-state index contributed by atoms with van der Waals surface area (Å²) < 4.78 is 6.69. The summed E-state index contributed by atoms with van der Waals surface area (Å²) in [6.07, 6.45) is 1.70. The van der Waals surface area contributed by atoms with Crippen LogP contribution in [0.4, 0.5) is 4.79 Å². The number of amides is 2. The van der Waals surface area contributed by atoms with Crippen LogP contribution in [-0.4, -0.2) is 34.1 Å². The molecule has 0 radical (unpaired) electrons. The minimum absolute atomic E-state index is 0.154. The second-order valence-electron chi connectivity index (χ2n) is 5.76. The highest BCUT2D eigenvalue weighted by Crippen LogP contribution is 2.15. The quantitative estimate of drug-likeness (QED) is 0.773. The normalized spacial score (nSPS) is 12.1. The lowest BCUT2D eigenvalue weighted by molar-refractivity contribution is 0.193. The van der Waals surface area contributed by atoms with Crippen LogP contribution in [0.2, 0.25) is 0 Å². The molecule has 0 saturated carbocycles. The Kier molecular flexibility index (Phi) is 4.83. The minimum atomic E-state index is -0.425. The number of para-hydroxylation sites is 2. The molecule has 0 aliphatic rings. The highest BCUT2D eigenvalue weighted by atomic mass is 16.4. The number of pyridine rings is 1. The van der Waals surface area contributed by atoms with Crippen molar-refractivity contribution >= 4 is 17.1 Å². The van der Waals surface area contributed by atoms with Crippen LogP contribution in [0.3, 0.4) is 0 Å². The van der Waals surface area contributed by atoms with Crippen LogP contribution in [-0.2, 0) is 6.54 Å². The average Bonchev–Trinajstić information content (AvgIpc) is 2.96. The molecule has 2 amide bonds. The first-order chi connectivity index (χ1) is 12.1. The van der Waals surface area contributed by atoms with Gasteiger partial charge in [-0.15, -0.1) is 0 Å². The van der Waals surface area contributed by atoms with Crippen molar-refractivity contribution in [2.45, 2.75) is 19.5 Å². The zero-order valence-corrected chi connectivity index (χ0v) is 14.2. The van der Waals surface area contributed by atoms with Crippen molar-refractivity contribution < 1.29 is 9.21 Å². The Bertz CT molecular complexity index is 917. The molecule has 1 atom stereocenters. The van der Waals surface area contributed by atoms with Gasteiger partial charge in [0.05, 0.1) is 17.3 Å². The lowest BCUT2D eigenvalue weighted by Crippen LogP contribution is -2.40. The minimum Gasteiger partial charge on any atom is -0.408 e. The lowest BCUT2D eigenvalue weighted by atomic mass is 10.2. The Morgan fingerprint density at radius 2 is 2.04 bits per heavy atom. The molecule has 2 aromatic heterocycles. The van der Waals surface area contributed by atoms with Gasteiger partial charge in [-0.1, -0.05) is 18.2 Å². The van der Waals surface area contributed by atoms with Gasteiger partial charge in [-0.3, -0.25) is 9.55 Å². The van der Waals surface area contributed by atoms with E-state index in [1.54, 1.807) is 24.2 Å². The molecule has 25 heavy (non-hydrogen) atoms. The van der Waals surface area contributed by atoms with E-state index in [1.807, 2.05) is 43.3 Å². The summed E-state index contributed by atoms with van der Waals surface area (Å²) in [5.41, 5.74) is 2.08. The van der Waals surface area contributed by atoms with Crippen LogP contribution in [0.5, 0.6) is 0 Å². The number of aromatic nitrogens is 2. The van der Waals surface area contributed by atoms with Crippen LogP contribution < -0.4 is 11.1 Å². The molecule has 7 heteroatoms. The van der Waals surface area contributed by atoms with Gasteiger partial charge in [0.15, 0.2) is 5.58 Å². The van der Waals surface area contributed by atoms with Crippen LogP contribution in [0.15, 0.2) is 57.9 Å². The summed E-state index contributed by atoms with van der Waals surface area (Å²) in [6, 6.07) is 12.4. The summed E-state index contributed by atoms with van der Waals surface area (Å²) in [5.74, 6) is -0.425. The fourth-order valence-corrected chi connectivity index (χ4v) is 2.62. The number of urea groups is 1. The van der Waals surface area contributed by atoms with Gasteiger partial charge in [0, 0.05) is 26.3 Å². The summed E-state index contributed by atoms with van der Waals surface area (Å²) >= 11 is 0. The predicted molar refractivity (Wildman–Crippen MR) is 94.3 cm³/mol. The summed E-state index contributed by atoms with van der Waals surface area (Å²) in [7, 11) is 1.72. The van der Waals surface area contributed by atoms with Crippen LogP contribution in [0.1, 0.15) is 18.7 Å². The number of hydrogen-bond acceptors (Lipinski definition) is 4. The SMILES string of the molecule is C[C@@H](c1ccccn1)N(C)C(=O)NCCn1c(=O)oc2ccccc21. The first-order valence-electron chi connectivity index (χ1n) is 8.08. The number of benzene rings is 1. The number of oxazole rings is 1. The maximum Gasteiger partial charge on any atom is 0.420 e. The summed E-state index contributed by atoms with van der Waals surface area (Å²) in [6.45, 7) is 2.57. The van der Waals surface area contributed by atoms with E-state index >= 15 is 0 Å². The summed E-state index contributed by atoms with van der Waals surface area (Å²) in [4.78, 5) is 30.1. The summed E-state index contributed by atoms with van der Waals surface area (Å²) in [5, 5.41) is 2.82. The largest absolute Gasteiger partial charge is 0.420 e. The second kappa shape index (κ2) is 7.21. The van der Waals surface area contributed by atoms with Gasteiger partial charge in [-0.25, -0.2) is 9.59 Å². The van der Waals surface area contributed by atoms with E-state index in [1.165, 1.54) is 4.57 Å². The third-order valence-corrected chi connectivity index (χ3v) is 4.20. The Hall–Kier alpha value is -3.09. The van der Waals surface area contributed by atoms with Gasteiger partial charge < -0.3 is 14.6 Å². The van der Waals surface area contributed by atoms with Gasteiger partial charge in [-0.2, -0.15) is 0 Å². The monoisotopic (exact) mass is 340 g/mol. The number of hydrogen-bond donors (Lipinski definition) is 1. The van der Waals surface area contributed by atoms with Gasteiger partial charge in [0.1, 0.15) is 0 Å². The van der Waals surface area contributed by atoms with E-state index in [9.17, 15) is 9.59 Å². The van der Waals surface area contributed by atoms with Crippen molar-refractivity contribution in [2.24, 2.45) is 0 Å². The lowest BCUT2D eigenvalue weighted by Gasteiger charge is -2.24. The maximum absolute atomic E-state index is 12.3. The van der Waals surface area contributed by atoms with E-state index in [0.29, 0.717) is 18.7 Å². The van der Waals surface area contributed by atoms with Crippen molar-refractivity contribution in [3.8, 4) is 0 Å². The molecule has 0 aliphatic heterocycles. The van der Waals surface area contributed by atoms with Crippen molar-refractivity contribution in [1.29, 1.82) is 0 Å². The number of carbonyl (C=O) groups excluding carboxylic acids is 1. The zero-order chi connectivity index (χ0) is 17.8. The molecule has 2 heterocycles. The van der Waals surface area contributed by atoms with E-state index in [0.717, 1.165) is 11.2 Å². The van der Waals surface area contributed by atoms with Crippen LogP contribution in [0, 0.1) is 0 Å². The first kappa shape index (κ1) is 16.8. The van der Waals surface area contributed by atoms with E-state index in [-0.39, 0.29) is 12.1 Å². The molecule has 7 nitrogen and oxygen atoms in total. The predicted octanol–water partition coefficient (Wildman–Crippen LogP) is 2.39. The molecule has 3 aromatic rings. The Morgan fingerprint density at radius 3 is 2.80 bits per heavy atom. The van der Waals surface area contributed by atoms with Crippen LogP contribution in [0.25, 0.3) is 11.1 Å². The Balaban J connectivity index is 1.60. The van der Waals surface area contributed by atoms with Crippen LogP contribution >= 0.6 is 0 Å². The molecule has 3 rings (SSSR count). The Labute approximate surface area is 144 Å². The fourth-order valence-electron chi connectivity index (χ4n) is 2.62. The Morgan fingerprint density at radius 1 is 1.28 bits per heavy atom. The molecular weight excluding hydrogens is 320 g/mol. The van der Waals surface area contributed by atoms with E-state index in [4.69, 9.17) is 4.42 Å². The molecule has 0 spiro atoms. The van der Waals surface area contributed by atoms with Crippen molar-refractivity contribution in [3.05, 3.63) is 64.9 Å². The molecule has 0 saturated heterocycles. The van der Waals surface area contributed by atoms with Crippen molar-refractivity contribution in [3.63, 3.8) is 0 Å². The van der Waals surface area contributed by atoms with Gasteiger partial charge in [-0.05, 0) is 31.2 Å². The number of carbonyl (C=O) groups is 1. The molecule has 1 N–H and O–H groups in total. The van der Waals surface area contributed by atoms with Gasteiger partial charge in [0.25, 0.3) is 0 Å². The molecule has 130 valence electrons. The molecule has 0 aliphatic carbocycles. The third-order valence-electron chi connectivity index (χ3n) is 4.20. The number of fused-ring (bicyclic) bond motifs is 1. The number of nitrogens with zero attached hydrogens (tertiary/aromatic N) is 3. The van der Waals surface area contributed by atoms with Gasteiger partial charge in [0.2, 0.25) is 0 Å². The molecule has 0 fully saturated rings. The molecule has 0 bridgehead atoms. The average molecular weight is 340 g/mol. The first-order valence-corrected chi connectivity index (χ1v) is 8.08. The molecule has 0 unspecified atom stereocenters. The highest BCUT2D eigenvalue weighted by molar-refractivity contribution is 5.74. The van der Waals surface area contributed by atoms with Crippen molar-refractivity contribution in [1.82, 2.24) is 19.8 Å². The fraction of sp³-hybridized carbons (Fsp3) is 0.278. The third kappa shape index (κ3) is 3.55. The van der Waals surface area contributed by atoms with E-state index in [2.05, 4.69) is 10.3 Å². The molecular formula is C18H20N4O3. The highest BCUT2D eigenvalue weighted by Gasteiger charge is 2.18. The molecule has 1 aromatic carbocycles. The number of nitrogens with one attached hydrogen (secondary N) is 1.